The maximum Gasteiger partial charge on any atom is 0.191 e. The van der Waals surface area contributed by atoms with Gasteiger partial charge in [-0.25, -0.2) is 0 Å². The van der Waals surface area contributed by atoms with Crippen molar-refractivity contribution >= 4 is 5.96 Å². The first-order valence-electron chi connectivity index (χ1n) is 10.0. The number of hydrogen-bond donors (Lipinski definition) is 2. The summed E-state index contributed by atoms with van der Waals surface area (Å²) >= 11 is 0. The minimum atomic E-state index is 0.484. The summed E-state index contributed by atoms with van der Waals surface area (Å²) in [6.45, 7) is 14.9. The average molecular weight is 365 g/mol. The van der Waals surface area contributed by atoms with E-state index in [1.54, 1.807) is 7.05 Å². The Morgan fingerprint density at radius 1 is 1.15 bits per heavy atom. The van der Waals surface area contributed by atoms with Crippen LogP contribution in [0.2, 0.25) is 0 Å². The highest BCUT2D eigenvalue weighted by atomic mass is 16.5. The van der Waals surface area contributed by atoms with Gasteiger partial charge in [0.1, 0.15) is 0 Å². The Morgan fingerprint density at radius 3 is 2.46 bits per heavy atom. The summed E-state index contributed by atoms with van der Waals surface area (Å²) in [6, 6.07) is 2.06. The van der Waals surface area contributed by atoms with E-state index in [9.17, 15) is 0 Å². The predicted molar refractivity (Wildman–Crippen MR) is 107 cm³/mol. The van der Waals surface area contributed by atoms with Crippen LogP contribution >= 0.6 is 0 Å². The molecule has 2 N–H and O–H groups in total. The maximum absolute atomic E-state index is 5.46. The molecule has 7 nitrogen and oxygen atoms in total. The fourth-order valence-electron chi connectivity index (χ4n) is 3.36. The number of piperazine rings is 1. The van der Waals surface area contributed by atoms with Gasteiger partial charge in [0.15, 0.2) is 11.7 Å². The van der Waals surface area contributed by atoms with Gasteiger partial charge in [-0.15, -0.1) is 0 Å². The van der Waals surface area contributed by atoms with Crippen molar-refractivity contribution in [1.82, 2.24) is 25.6 Å². The van der Waals surface area contributed by atoms with Gasteiger partial charge in [-0.1, -0.05) is 25.9 Å². The summed E-state index contributed by atoms with van der Waals surface area (Å²) in [6.07, 6.45) is 2.18. The molecule has 1 aliphatic heterocycles. The van der Waals surface area contributed by atoms with Crippen LogP contribution in [0.3, 0.4) is 0 Å². The third-order valence-electron chi connectivity index (χ3n) is 5.27. The molecule has 0 amide bonds. The average Bonchev–Trinajstić information content (AvgIpc) is 3.14. The number of rotatable bonds is 9. The van der Waals surface area contributed by atoms with Crippen LogP contribution in [0.15, 0.2) is 15.6 Å². The lowest BCUT2D eigenvalue weighted by molar-refractivity contribution is 0.139. The van der Waals surface area contributed by atoms with E-state index in [1.807, 2.05) is 0 Å². The minimum Gasteiger partial charge on any atom is -0.359 e. The molecule has 1 aliphatic rings. The smallest absolute Gasteiger partial charge is 0.191 e. The molecule has 1 aromatic heterocycles. The Morgan fingerprint density at radius 2 is 1.85 bits per heavy atom. The Labute approximate surface area is 158 Å². The van der Waals surface area contributed by atoms with Gasteiger partial charge in [0.2, 0.25) is 0 Å². The van der Waals surface area contributed by atoms with Crippen molar-refractivity contribution < 1.29 is 4.52 Å². The summed E-state index contributed by atoms with van der Waals surface area (Å²) in [4.78, 5) is 9.29. The summed E-state index contributed by atoms with van der Waals surface area (Å²) in [5.41, 5.74) is 1.06. The highest BCUT2D eigenvalue weighted by Crippen LogP contribution is 2.22. The fourth-order valence-corrected chi connectivity index (χ4v) is 3.36. The number of aliphatic imine (C=N–C) groups is 1. The lowest BCUT2D eigenvalue weighted by Crippen LogP contribution is -2.49. The monoisotopic (exact) mass is 364 g/mol. The van der Waals surface area contributed by atoms with Crippen LogP contribution in [0.1, 0.15) is 51.0 Å². The quantitative estimate of drug-likeness (QED) is 0.515. The first kappa shape index (κ1) is 20.7. The van der Waals surface area contributed by atoms with Gasteiger partial charge in [0.25, 0.3) is 0 Å². The predicted octanol–water partition coefficient (Wildman–Crippen LogP) is 1.88. The van der Waals surface area contributed by atoms with Crippen LogP contribution in [0.25, 0.3) is 0 Å². The van der Waals surface area contributed by atoms with Gasteiger partial charge in [-0.05, 0) is 19.4 Å². The van der Waals surface area contributed by atoms with Crippen LogP contribution in [0, 0.1) is 0 Å². The summed E-state index contributed by atoms with van der Waals surface area (Å²) in [5, 5.41) is 10.9. The van der Waals surface area contributed by atoms with Crippen LogP contribution < -0.4 is 10.6 Å². The van der Waals surface area contributed by atoms with E-state index in [2.05, 4.69) is 57.4 Å². The molecule has 0 atom stereocenters. The van der Waals surface area contributed by atoms with Crippen molar-refractivity contribution in [2.75, 3.05) is 52.9 Å². The van der Waals surface area contributed by atoms with Gasteiger partial charge in [-0.3, -0.25) is 9.89 Å². The van der Waals surface area contributed by atoms with E-state index in [-0.39, 0.29) is 0 Å². The lowest BCUT2D eigenvalue weighted by atomic mass is 9.99. The van der Waals surface area contributed by atoms with Gasteiger partial charge in [-0.2, -0.15) is 0 Å². The Hall–Kier alpha value is -1.60. The van der Waals surface area contributed by atoms with E-state index in [1.165, 1.54) is 13.1 Å². The molecule has 7 heteroatoms. The largest absolute Gasteiger partial charge is 0.359 e. The third-order valence-corrected chi connectivity index (χ3v) is 5.27. The molecule has 148 valence electrons. The molecule has 1 fully saturated rings. The van der Waals surface area contributed by atoms with E-state index in [4.69, 9.17) is 4.52 Å². The minimum absolute atomic E-state index is 0.484. The van der Waals surface area contributed by atoms with E-state index < -0.39 is 0 Å². The second-order valence-corrected chi connectivity index (χ2v) is 6.86. The number of hydrogen-bond acceptors (Lipinski definition) is 5. The van der Waals surface area contributed by atoms with Crippen molar-refractivity contribution in [3.63, 3.8) is 0 Å². The van der Waals surface area contributed by atoms with Gasteiger partial charge < -0.3 is 20.1 Å². The van der Waals surface area contributed by atoms with Gasteiger partial charge >= 0.3 is 0 Å². The van der Waals surface area contributed by atoms with E-state index in [0.717, 1.165) is 63.0 Å². The molecule has 0 aromatic carbocycles. The SMILES string of the molecule is CCC(CC)c1cc(CNC(=NC)NCCN2CCN(CC)CC2)on1. The molecule has 0 saturated carbocycles. The van der Waals surface area contributed by atoms with E-state index >= 15 is 0 Å². The number of nitrogens with one attached hydrogen (secondary N) is 2. The maximum atomic E-state index is 5.46. The normalized spacial score (nSPS) is 17.0. The fraction of sp³-hybridized carbons (Fsp3) is 0.789. The standard InChI is InChI=1S/C19H36N6O/c1-5-16(6-2)18-14-17(26-23-18)15-22-19(20-4)21-8-9-25-12-10-24(7-3)11-13-25/h14,16H,5-13,15H2,1-4H3,(H2,20,21,22). The Bertz CT molecular complexity index is 532. The molecule has 0 radical (unpaired) electrons. The molecule has 0 unspecified atom stereocenters. The van der Waals surface area contributed by atoms with Crippen molar-refractivity contribution in [2.45, 2.75) is 46.1 Å². The number of guanidine groups is 1. The number of nitrogens with zero attached hydrogens (tertiary/aromatic N) is 4. The second-order valence-electron chi connectivity index (χ2n) is 6.86. The molecule has 1 aromatic rings. The summed E-state index contributed by atoms with van der Waals surface area (Å²) in [5.74, 6) is 2.14. The summed E-state index contributed by atoms with van der Waals surface area (Å²) < 4.78 is 5.46. The molecule has 0 bridgehead atoms. The second kappa shape index (κ2) is 11.2. The third kappa shape index (κ3) is 6.29. The Kier molecular flexibility index (Phi) is 8.91. The molecular formula is C19H36N6O. The van der Waals surface area contributed by atoms with Crippen LogP contribution in [-0.2, 0) is 6.54 Å². The van der Waals surface area contributed by atoms with Crippen molar-refractivity contribution in [3.8, 4) is 0 Å². The number of aromatic nitrogens is 1. The van der Waals surface area contributed by atoms with Crippen LogP contribution in [0.4, 0.5) is 0 Å². The Balaban J connectivity index is 1.68. The zero-order chi connectivity index (χ0) is 18.8. The molecular weight excluding hydrogens is 328 g/mol. The van der Waals surface area contributed by atoms with Crippen molar-refractivity contribution in [1.29, 1.82) is 0 Å². The molecule has 0 spiro atoms. The zero-order valence-electron chi connectivity index (χ0n) is 16.9. The van der Waals surface area contributed by atoms with Crippen LogP contribution in [0.5, 0.6) is 0 Å². The van der Waals surface area contributed by atoms with Crippen molar-refractivity contribution in [3.05, 3.63) is 17.5 Å². The summed E-state index contributed by atoms with van der Waals surface area (Å²) in [7, 11) is 1.80. The molecule has 1 saturated heterocycles. The van der Waals surface area contributed by atoms with E-state index in [0.29, 0.717) is 12.5 Å². The molecule has 2 heterocycles. The topological polar surface area (TPSA) is 68.9 Å². The molecule has 26 heavy (non-hydrogen) atoms. The zero-order valence-corrected chi connectivity index (χ0v) is 16.9. The number of likely N-dealkylation sites (N-methyl/N-ethyl adjacent to an activating group) is 1. The van der Waals surface area contributed by atoms with Crippen LogP contribution in [-0.4, -0.2) is 73.8 Å². The highest BCUT2D eigenvalue weighted by molar-refractivity contribution is 5.79. The lowest BCUT2D eigenvalue weighted by Gasteiger charge is -2.34. The highest BCUT2D eigenvalue weighted by Gasteiger charge is 2.15. The molecule has 0 aliphatic carbocycles. The van der Waals surface area contributed by atoms with Crippen molar-refractivity contribution in [2.24, 2.45) is 4.99 Å². The molecule has 2 rings (SSSR count). The van der Waals surface area contributed by atoms with Gasteiger partial charge in [0.05, 0.1) is 12.2 Å². The first-order valence-corrected chi connectivity index (χ1v) is 10.0. The van der Waals surface area contributed by atoms with Gasteiger partial charge in [0, 0.05) is 58.3 Å². The first-order chi connectivity index (χ1) is 12.7.